The number of aliphatic hydroxyl groups excluding tert-OH is 1. The summed E-state index contributed by atoms with van der Waals surface area (Å²) in [7, 11) is 4.16. The molecule has 44 heavy (non-hydrogen) atoms. The molecule has 3 aliphatic carbocycles. The lowest BCUT2D eigenvalue weighted by Gasteiger charge is -2.59. The van der Waals surface area contributed by atoms with Crippen LogP contribution in [0.25, 0.3) is 0 Å². The van der Waals surface area contributed by atoms with Gasteiger partial charge in [-0.05, 0) is 87.8 Å². The van der Waals surface area contributed by atoms with E-state index in [1.54, 1.807) is 0 Å². The molecule has 0 heterocycles. The number of rotatable bonds is 12. The van der Waals surface area contributed by atoms with Crippen molar-refractivity contribution in [3.63, 3.8) is 0 Å². The molecule has 11 atom stereocenters. The van der Waals surface area contributed by atoms with Crippen molar-refractivity contribution in [3.05, 3.63) is 48.6 Å². The number of Topliss-reactive ketones (excluding diaryl/α,β-unsaturated/α-hetero) is 1. The van der Waals surface area contributed by atoms with Crippen molar-refractivity contribution < 1.29 is 14.7 Å². The van der Waals surface area contributed by atoms with E-state index in [-0.39, 0.29) is 58.4 Å². The van der Waals surface area contributed by atoms with Crippen molar-refractivity contribution in [2.75, 3.05) is 14.1 Å². The molecule has 0 aliphatic heterocycles. The Morgan fingerprint density at radius 3 is 2.50 bits per heavy atom. The number of nitrogens with zero attached hydrogens (tertiary/aromatic N) is 2. The molecule has 6 nitrogen and oxygen atoms in total. The zero-order chi connectivity index (χ0) is 32.4. The van der Waals surface area contributed by atoms with Crippen molar-refractivity contribution >= 4 is 17.9 Å². The summed E-state index contributed by atoms with van der Waals surface area (Å²) in [5, 5.41) is 14.9. The Bertz CT molecular complexity index is 1200. The Hall–Kier alpha value is -2.31. The zero-order valence-corrected chi connectivity index (χ0v) is 28.7. The molecule has 1 aromatic carbocycles. The van der Waals surface area contributed by atoms with Crippen LogP contribution in [-0.4, -0.2) is 60.2 Å². The van der Waals surface area contributed by atoms with E-state index in [2.05, 4.69) is 76.9 Å². The van der Waals surface area contributed by atoms with Crippen molar-refractivity contribution in [2.45, 2.75) is 111 Å². The van der Waals surface area contributed by atoms with Gasteiger partial charge in [0.1, 0.15) is 5.78 Å². The predicted octanol–water partition coefficient (Wildman–Crippen LogP) is 6.72. The van der Waals surface area contributed by atoms with Crippen molar-refractivity contribution in [1.29, 1.82) is 0 Å². The highest BCUT2D eigenvalue weighted by atomic mass is 16.3. The second kappa shape index (κ2) is 13.6. The highest BCUT2D eigenvalue weighted by Gasteiger charge is 2.68. The minimum atomic E-state index is -0.448. The second-order valence-electron chi connectivity index (χ2n) is 15.4. The number of fused-ring (bicyclic) bond motifs is 3. The molecular weight excluding hydrogens is 546 g/mol. The van der Waals surface area contributed by atoms with Gasteiger partial charge in [0.15, 0.2) is 0 Å². The minimum absolute atomic E-state index is 0.0380. The number of carbonyl (C=O) groups is 2. The molecule has 1 aromatic rings. The second-order valence-corrected chi connectivity index (χ2v) is 15.4. The first-order valence-corrected chi connectivity index (χ1v) is 17.1. The largest absolute Gasteiger partial charge is 0.393 e. The Labute approximate surface area is 267 Å². The number of hydrogen-bond acceptors (Lipinski definition) is 5. The summed E-state index contributed by atoms with van der Waals surface area (Å²) in [6.07, 6.45) is 9.00. The molecule has 1 amide bonds. The molecule has 0 aromatic heterocycles. The molecule has 0 unspecified atom stereocenters. The van der Waals surface area contributed by atoms with E-state index >= 15 is 0 Å². The first-order chi connectivity index (χ1) is 20.7. The molecule has 0 bridgehead atoms. The maximum absolute atomic E-state index is 14.2. The lowest BCUT2D eigenvalue weighted by Crippen LogP contribution is -2.59. The van der Waals surface area contributed by atoms with Crippen LogP contribution in [0.1, 0.15) is 92.1 Å². The number of amides is 1. The van der Waals surface area contributed by atoms with Gasteiger partial charge in [0.05, 0.1) is 12.6 Å². The average Bonchev–Trinajstić information content (AvgIpc) is 3.20. The average molecular weight is 606 g/mol. The van der Waals surface area contributed by atoms with E-state index in [0.29, 0.717) is 25.2 Å². The van der Waals surface area contributed by atoms with Crippen LogP contribution in [-0.2, 0) is 16.1 Å². The summed E-state index contributed by atoms with van der Waals surface area (Å²) in [5.74, 6) is 0.804. The highest BCUT2D eigenvalue weighted by molar-refractivity contribution is 5.84. The molecule has 3 saturated carbocycles. The van der Waals surface area contributed by atoms with Crippen LogP contribution in [0.4, 0.5) is 0 Å². The fourth-order valence-electron chi connectivity index (χ4n) is 9.56. The minimum Gasteiger partial charge on any atom is -0.393 e. The maximum Gasteiger partial charge on any atom is 0.223 e. The predicted molar refractivity (Wildman–Crippen MR) is 180 cm³/mol. The van der Waals surface area contributed by atoms with Gasteiger partial charge in [-0.2, -0.15) is 0 Å². The van der Waals surface area contributed by atoms with Crippen molar-refractivity contribution in [3.8, 4) is 0 Å². The van der Waals surface area contributed by atoms with Gasteiger partial charge >= 0.3 is 0 Å². The third-order valence-corrected chi connectivity index (χ3v) is 12.9. The standard InChI is InChI=1S/C38H59N3O3/c1-10-15-33(40-35(44)25(3)11-2)36(5,24-39-23-27-16-13-12-14-17-27)28-18-19-30-29(20-28)31(42)21-38(7)34(26(4)41(8)9)32(43)22-37(30,38)6/h10,12-14,16-17,24-26,28-30,32-34,43H,1,11,15,18-23H2,2-9H3,(H,40,44)/b39-24+/t25-,26-,28+,29+,30+,32+,33-,34-,36-,37-,38+/m0/s1. The topological polar surface area (TPSA) is 82.0 Å². The molecule has 0 saturated heterocycles. The summed E-state index contributed by atoms with van der Waals surface area (Å²) in [5.41, 5.74) is 0.358. The van der Waals surface area contributed by atoms with Gasteiger partial charge in [-0.3, -0.25) is 14.6 Å². The van der Waals surface area contributed by atoms with Crippen molar-refractivity contribution in [2.24, 2.45) is 50.8 Å². The molecule has 3 fully saturated rings. The van der Waals surface area contributed by atoms with Crippen LogP contribution in [0.2, 0.25) is 0 Å². The number of aliphatic imine (C=N–C) groups is 1. The normalized spacial score (nSPS) is 35.4. The van der Waals surface area contributed by atoms with Crippen LogP contribution >= 0.6 is 0 Å². The van der Waals surface area contributed by atoms with Gasteiger partial charge in [0.2, 0.25) is 5.91 Å². The Kier molecular flexibility index (Phi) is 10.7. The van der Waals surface area contributed by atoms with Gasteiger partial charge in [-0.1, -0.05) is 71.0 Å². The number of aliphatic hydroxyl groups is 1. The van der Waals surface area contributed by atoms with E-state index in [9.17, 15) is 14.7 Å². The van der Waals surface area contributed by atoms with Crippen LogP contribution in [0.5, 0.6) is 0 Å². The van der Waals surface area contributed by atoms with E-state index in [0.717, 1.165) is 37.7 Å². The Morgan fingerprint density at radius 2 is 1.89 bits per heavy atom. The molecule has 0 spiro atoms. The van der Waals surface area contributed by atoms with Crippen LogP contribution in [0, 0.1) is 45.8 Å². The first-order valence-electron chi connectivity index (χ1n) is 17.1. The van der Waals surface area contributed by atoms with Gasteiger partial charge in [-0.25, -0.2) is 0 Å². The van der Waals surface area contributed by atoms with E-state index in [1.807, 2.05) is 38.1 Å². The summed E-state index contributed by atoms with van der Waals surface area (Å²) in [4.78, 5) is 34.7. The highest BCUT2D eigenvalue weighted by Crippen LogP contribution is 2.69. The first kappa shape index (κ1) is 34.6. The van der Waals surface area contributed by atoms with Crippen molar-refractivity contribution in [1.82, 2.24) is 10.2 Å². The Morgan fingerprint density at radius 1 is 1.20 bits per heavy atom. The lowest BCUT2D eigenvalue weighted by atomic mass is 9.45. The summed E-state index contributed by atoms with van der Waals surface area (Å²) in [6, 6.07) is 10.3. The molecule has 3 aliphatic rings. The zero-order valence-electron chi connectivity index (χ0n) is 28.7. The third-order valence-electron chi connectivity index (χ3n) is 12.9. The summed E-state index contributed by atoms with van der Waals surface area (Å²) < 4.78 is 0. The van der Waals surface area contributed by atoms with Gasteiger partial charge in [0.25, 0.3) is 0 Å². The molecule has 0 radical (unpaired) electrons. The Balaban J connectivity index is 1.67. The summed E-state index contributed by atoms with van der Waals surface area (Å²) in [6.45, 7) is 17.8. The number of nitrogens with one attached hydrogen (secondary N) is 1. The maximum atomic E-state index is 14.2. The molecule has 4 rings (SSSR count). The van der Waals surface area contributed by atoms with Gasteiger partial charge < -0.3 is 15.3 Å². The quantitative estimate of drug-likeness (QED) is 0.205. The molecule has 2 N–H and O–H groups in total. The SMILES string of the molecule is C=CC[C@H](NC(=O)[C@@H](C)CC)[C@@](C)(/C=N/Cc1ccccc1)[C@@H]1CC[C@@H]2[C@@H](C1)C(=O)C[C@]1(C)[C@@H]([C@H](C)N(C)C)[C@H](O)C[C@@]21C. The van der Waals surface area contributed by atoms with E-state index in [4.69, 9.17) is 4.99 Å². The smallest absolute Gasteiger partial charge is 0.223 e. The third kappa shape index (κ3) is 6.23. The van der Waals surface area contributed by atoms with Gasteiger partial charge in [0, 0.05) is 47.9 Å². The van der Waals surface area contributed by atoms with E-state index < -0.39 is 11.5 Å². The fourth-order valence-corrected chi connectivity index (χ4v) is 9.56. The molecule has 6 heteroatoms. The van der Waals surface area contributed by atoms with Gasteiger partial charge in [-0.15, -0.1) is 6.58 Å². The van der Waals surface area contributed by atoms with Crippen LogP contribution in [0.15, 0.2) is 48.0 Å². The number of benzene rings is 1. The molecule has 244 valence electrons. The number of carbonyl (C=O) groups excluding carboxylic acids is 2. The lowest BCUT2D eigenvalue weighted by molar-refractivity contribution is -0.154. The molecular formula is C38H59N3O3. The fraction of sp³-hybridized carbons (Fsp3) is 0.711. The summed E-state index contributed by atoms with van der Waals surface area (Å²) >= 11 is 0. The number of hydrogen-bond donors (Lipinski definition) is 2. The van der Waals surface area contributed by atoms with Crippen LogP contribution in [0.3, 0.4) is 0 Å². The monoisotopic (exact) mass is 605 g/mol. The number of ketones is 1. The van der Waals surface area contributed by atoms with E-state index in [1.165, 1.54) is 0 Å². The van der Waals surface area contributed by atoms with Crippen LogP contribution < -0.4 is 5.32 Å².